The van der Waals surface area contributed by atoms with Gasteiger partial charge in [-0.25, -0.2) is 4.79 Å². The number of nitrogens with zero attached hydrogens (tertiary/aromatic N) is 1. The highest BCUT2D eigenvalue weighted by Crippen LogP contribution is 2.26. The lowest BCUT2D eigenvalue weighted by Gasteiger charge is -2.34. The molecule has 216 valence electrons. The Morgan fingerprint density at radius 3 is 2.16 bits per heavy atom. The number of aryl methyl sites for hydroxylation is 2. The van der Waals surface area contributed by atoms with E-state index >= 15 is 0 Å². The Labute approximate surface area is 229 Å². The number of aliphatic hydroxyl groups is 1. The fourth-order valence-electron chi connectivity index (χ4n) is 4.18. The topological polar surface area (TPSA) is 108 Å². The molecule has 2 atom stereocenters. The maximum absolute atomic E-state index is 13.9. The molecule has 0 fully saturated rings. The lowest BCUT2D eigenvalue weighted by Crippen LogP contribution is -2.54. The van der Waals surface area contributed by atoms with Crippen LogP contribution in [0.25, 0.3) is 0 Å². The van der Waals surface area contributed by atoms with E-state index in [1.165, 1.54) is 4.90 Å². The van der Waals surface area contributed by atoms with Crippen LogP contribution in [-0.4, -0.2) is 59.3 Å². The summed E-state index contributed by atoms with van der Waals surface area (Å²) < 4.78 is 5.31. The molecule has 1 aromatic rings. The average molecular weight is 534 g/mol. The number of carbonyl (C=O) groups excluding carboxylic acids is 3. The lowest BCUT2D eigenvalue weighted by atomic mass is 9.98. The third kappa shape index (κ3) is 11.8. The van der Waals surface area contributed by atoms with Gasteiger partial charge in [-0.1, -0.05) is 70.6 Å². The van der Waals surface area contributed by atoms with Gasteiger partial charge in [0, 0.05) is 13.1 Å². The van der Waals surface area contributed by atoms with E-state index in [1.807, 2.05) is 32.0 Å². The van der Waals surface area contributed by atoms with Crippen molar-refractivity contribution in [3.05, 3.63) is 34.9 Å². The van der Waals surface area contributed by atoms with Crippen LogP contribution < -0.4 is 10.6 Å². The Morgan fingerprint density at radius 1 is 0.947 bits per heavy atom. The van der Waals surface area contributed by atoms with Crippen molar-refractivity contribution < 1.29 is 24.2 Å². The van der Waals surface area contributed by atoms with Crippen molar-refractivity contribution in [3.63, 3.8) is 0 Å². The van der Waals surface area contributed by atoms with Crippen LogP contribution in [0.15, 0.2) is 18.2 Å². The standard InChI is InChI=1S/C30H51N3O5/c1-8-10-12-13-15-19-33(28(36)25(21-34)32-29(37)38-30(5,6)7)26(27(35)31-18-14-11-9-2)24-17-16-22(3)23(4)20-24/h16-17,20,25-26,34H,8-15,18-19,21H2,1-7H3,(H,31,35)(H,32,37). The highest BCUT2D eigenvalue weighted by molar-refractivity contribution is 5.92. The van der Waals surface area contributed by atoms with E-state index in [-0.39, 0.29) is 5.91 Å². The summed E-state index contributed by atoms with van der Waals surface area (Å²) in [7, 11) is 0. The third-order valence-electron chi connectivity index (χ3n) is 6.44. The maximum atomic E-state index is 13.9. The van der Waals surface area contributed by atoms with Gasteiger partial charge in [-0.15, -0.1) is 0 Å². The number of aliphatic hydroxyl groups excluding tert-OH is 1. The molecule has 0 aliphatic rings. The summed E-state index contributed by atoms with van der Waals surface area (Å²) in [5.74, 6) is -0.777. The fraction of sp³-hybridized carbons (Fsp3) is 0.700. The second-order valence-electron chi connectivity index (χ2n) is 11.1. The molecule has 0 aliphatic heterocycles. The van der Waals surface area contributed by atoms with E-state index in [1.54, 1.807) is 20.8 Å². The molecule has 2 unspecified atom stereocenters. The first-order chi connectivity index (χ1) is 17.9. The monoisotopic (exact) mass is 533 g/mol. The molecule has 0 radical (unpaired) electrons. The van der Waals surface area contributed by atoms with Crippen LogP contribution >= 0.6 is 0 Å². The Bertz CT molecular complexity index is 881. The van der Waals surface area contributed by atoms with Gasteiger partial charge in [0.2, 0.25) is 11.8 Å². The number of hydrogen-bond acceptors (Lipinski definition) is 5. The van der Waals surface area contributed by atoms with Gasteiger partial charge in [-0.3, -0.25) is 9.59 Å². The molecule has 0 aliphatic carbocycles. The molecule has 0 saturated carbocycles. The molecule has 0 aromatic heterocycles. The van der Waals surface area contributed by atoms with Gasteiger partial charge in [0.15, 0.2) is 0 Å². The number of nitrogens with one attached hydrogen (secondary N) is 2. The molecule has 1 rings (SSSR count). The Morgan fingerprint density at radius 2 is 1.58 bits per heavy atom. The van der Waals surface area contributed by atoms with E-state index < -0.39 is 36.3 Å². The minimum Gasteiger partial charge on any atom is -0.444 e. The first-order valence-electron chi connectivity index (χ1n) is 14.2. The number of carbonyl (C=O) groups is 3. The first kappa shape index (κ1) is 33.4. The molecule has 8 heteroatoms. The van der Waals surface area contributed by atoms with Crippen molar-refractivity contribution in [1.82, 2.24) is 15.5 Å². The van der Waals surface area contributed by atoms with Crippen molar-refractivity contribution >= 4 is 17.9 Å². The van der Waals surface area contributed by atoms with Crippen LogP contribution in [0.4, 0.5) is 4.79 Å². The van der Waals surface area contributed by atoms with Crippen LogP contribution in [0.1, 0.15) is 109 Å². The number of hydrogen-bond donors (Lipinski definition) is 3. The Kier molecular flexibility index (Phi) is 15.0. The zero-order valence-corrected chi connectivity index (χ0v) is 24.7. The van der Waals surface area contributed by atoms with E-state index in [9.17, 15) is 19.5 Å². The van der Waals surface area contributed by atoms with E-state index in [4.69, 9.17) is 4.74 Å². The third-order valence-corrected chi connectivity index (χ3v) is 6.44. The number of amides is 3. The number of rotatable bonds is 16. The van der Waals surface area contributed by atoms with Gasteiger partial charge in [-0.2, -0.15) is 0 Å². The maximum Gasteiger partial charge on any atom is 0.408 e. The molecule has 0 heterocycles. The van der Waals surface area contributed by atoms with E-state index in [2.05, 4.69) is 24.5 Å². The number of benzene rings is 1. The average Bonchev–Trinajstić information content (AvgIpc) is 2.84. The highest BCUT2D eigenvalue weighted by Gasteiger charge is 2.36. The summed E-state index contributed by atoms with van der Waals surface area (Å²) in [6.45, 7) is 13.6. The molecule has 3 N–H and O–H groups in total. The number of unbranched alkanes of at least 4 members (excludes halogenated alkanes) is 6. The minimum absolute atomic E-state index is 0.264. The van der Waals surface area contributed by atoms with Crippen LogP contribution in [0.3, 0.4) is 0 Å². The molecule has 0 spiro atoms. The number of ether oxygens (including phenoxy) is 1. The lowest BCUT2D eigenvalue weighted by molar-refractivity contribution is -0.143. The van der Waals surface area contributed by atoms with E-state index in [0.29, 0.717) is 25.1 Å². The van der Waals surface area contributed by atoms with Gasteiger partial charge >= 0.3 is 6.09 Å². The second-order valence-corrected chi connectivity index (χ2v) is 11.1. The molecule has 38 heavy (non-hydrogen) atoms. The largest absolute Gasteiger partial charge is 0.444 e. The first-order valence-corrected chi connectivity index (χ1v) is 14.2. The zero-order valence-electron chi connectivity index (χ0n) is 24.7. The molecule has 0 saturated heterocycles. The van der Waals surface area contributed by atoms with Crippen molar-refractivity contribution in [2.45, 2.75) is 118 Å². The summed E-state index contributed by atoms with van der Waals surface area (Å²) in [6, 6.07) is 3.66. The highest BCUT2D eigenvalue weighted by atomic mass is 16.6. The fourth-order valence-corrected chi connectivity index (χ4v) is 4.18. The smallest absolute Gasteiger partial charge is 0.408 e. The molecular formula is C30H51N3O5. The predicted octanol–water partition coefficient (Wildman–Crippen LogP) is 5.34. The van der Waals surface area contributed by atoms with Crippen molar-refractivity contribution in [2.75, 3.05) is 19.7 Å². The summed E-state index contributed by atoms with van der Waals surface area (Å²) >= 11 is 0. The summed E-state index contributed by atoms with van der Waals surface area (Å²) in [5, 5.41) is 15.6. The van der Waals surface area contributed by atoms with Crippen LogP contribution in [-0.2, 0) is 14.3 Å². The summed E-state index contributed by atoms with van der Waals surface area (Å²) in [6.07, 6.45) is 6.96. The van der Waals surface area contributed by atoms with Gasteiger partial charge in [0.05, 0.1) is 6.61 Å². The van der Waals surface area contributed by atoms with Crippen LogP contribution in [0.5, 0.6) is 0 Å². The number of alkyl carbamates (subject to hydrolysis) is 1. The Balaban J connectivity index is 3.36. The summed E-state index contributed by atoms with van der Waals surface area (Å²) in [4.78, 5) is 41.5. The molecular weight excluding hydrogens is 482 g/mol. The van der Waals surface area contributed by atoms with E-state index in [0.717, 1.165) is 56.1 Å². The van der Waals surface area contributed by atoms with Crippen molar-refractivity contribution in [2.24, 2.45) is 0 Å². The summed E-state index contributed by atoms with van der Waals surface area (Å²) in [5.41, 5.74) is 2.06. The van der Waals surface area contributed by atoms with Crippen LogP contribution in [0.2, 0.25) is 0 Å². The molecule has 1 aromatic carbocycles. The molecule has 8 nitrogen and oxygen atoms in total. The van der Waals surface area contributed by atoms with Crippen molar-refractivity contribution in [1.29, 1.82) is 0 Å². The van der Waals surface area contributed by atoms with Gasteiger partial charge in [-0.05, 0) is 64.2 Å². The normalized spacial score (nSPS) is 12.9. The molecule has 0 bridgehead atoms. The Hall–Kier alpha value is -2.61. The zero-order chi connectivity index (χ0) is 28.7. The van der Waals surface area contributed by atoms with Gasteiger partial charge in [0.1, 0.15) is 17.7 Å². The quantitative estimate of drug-likeness (QED) is 0.249. The van der Waals surface area contributed by atoms with Gasteiger partial charge < -0.3 is 25.4 Å². The second kappa shape index (κ2) is 17.1. The van der Waals surface area contributed by atoms with Crippen molar-refractivity contribution in [3.8, 4) is 0 Å². The SMILES string of the molecule is CCCCCCCN(C(=O)C(CO)NC(=O)OC(C)(C)C)C(C(=O)NCCCCC)c1ccc(C)c(C)c1. The molecule has 3 amide bonds. The van der Waals surface area contributed by atoms with Crippen LogP contribution in [0, 0.1) is 13.8 Å². The predicted molar refractivity (Wildman–Crippen MR) is 152 cm³/mol. The minimum atomic E-state index is -1.23. The van der Waals surface area contributed by atoms with Gasteiger partial charge in [0.25, 0.3) is 0 Å².